The Morgan fingerprint density at radius 3 is 2.88 bits per heavy atom. The van der Waals surface area contributed by atoms with Crippen LogP contribution in [0.1, 0.15) is 23.6 Å². The molecule has 1 N–H and O–H groups in total. The quantitative estimate of drug-likeness (QED) is 0.669. The number of aromatic nitrogens is 3. The van der Waals surface area contributed by atoms with Gasteiger partial charge in [-0.3, -0.25) is 10.1 Å². The van der Waals surface area contributed by atoms with Crippen molar-refractivity contribution in [2.75, 3.05) is 5.32 Å². The Morgan fingerprint density at radius 2 is 2.08 bits per heavy atom. The minimum Gasteiger partial charge on any atom is -0.489 e. The predicted octanol–water partition coefficient (Wildman–Crippen LogP) is 4.20. The number of rotatable bonds is 4. The second-order valence-electron chi connectivity index (χ2n) is 5.89. The van der Waals surface area contributed by atoms with Crippen LogP contribution < -0.4 is 10.1 Å². The largest absolute Gasteiger partial charge is 0.489 e. The summed E-state index contributed by atoms with van der Waals surface area (Å²) in [7, 11) is 0. The lowest BCUT2D eigenvalue weighted by Crippen LogP contribution is -2.29. The smallest absolute Gasteiger partial charge is 0.229 e. The van der Waals surface area contributed by atoms with Crippen LogP contribution in [-0.4, -0.2) is 20.7 Å². The van der Waals surface area contributed by atoms with Gasteiger partial charge in [-0.1, -0.05) is 39.7 Å². The Morgan fingerprint density at radius 1 is 1.27 bits per heavy atom. The highest BCUT2D eigenvalue weighted by atomic mass is 79.9. The van der Waals surface area contributed by atoms with E-state index in [0.29, 0.717) is 23.3 Å². The Labute approximate surface area is 163 Å². The molecule has 0 radical (unpaired) electrons. The first kappa shape index (κ1) is 17.1. The molecule has 1 aliphatic heterocycles. The molecule has 6 nitrogen and oxygen atoms in total. The molecule has 2 heterocycles. The molecule has 0 saturated heterocycles. The fourth-order valence-corrected chi connectivity index (χ4v) is 3.40. The van der Waals surface area contributed by atoms with Crippen LogP contribution in [0.2, 0.25) is 5.02 Å². The van der Waals surface area contributed by atoms with Gasteiger partial charge < -0.3 is 4.74 Å². The standard InChI is InChI=1S/C18H14BrClN4O2/c19-12-3-6-16(26-9-11-1-4-13(20)5-2-11)14(7-12)15-8-17(25)23-18-21-10-22-24(15)18/h1-7,10,15H,8-9H2,(H,21,22,23,25)/t15-/m1/s1. The van der Waals surface area contributed by atoms with Gasteiger partial charge in [-0.05, 0) is 35.9 Å². The molecule has 8 heteroatoms. The highest BCUT2D eigenvalue weighted by Crippen LogP contribution is 2.36. The topological polar surface area (TPSA) is 69.0 Å². The summed E-state index contributed by atoms with van der Waals surface area (Å²) in [4.78, 5) is 16.1. The van der Waals surface area contributed by atoms with Crippen LogP contribution in [0.3, 0.4) is 0 Å². The maximum absolute atomic E-state index is 12.1. The van der Waals surface area contributed by atoms with Crippen molar-refractivity contribution in [2.45, 2.75) is 19.1 Å². The molecular formula is C18H14BrClN4O2. The molecule has 1 amide bonds. The van der Waals surface area contributed by atoms with E-state index in [9.17, 15) is 4.79 Å². The molecule has 1 atom stereocenters. The highest BCUT2D eigenvalue weighted by Gasteiger charge is 2.30. The fraction of sp³-hybridized carbons (Fsp3) is 0.167. The zero-order valence-electron chi connectivity index (χ0n) is 13.5. The molecule has 26 heavy (non-hydrogen) atoms. The lowest BCUT2D eigenvalue weighted by Gasteiger charge is -2.25. The Kier molecular flexibility index (Phi) is 4.65. The molecule has 0 fully saturated rings. The summed E-state index contributed by atoms with van der Waals surface area (Å²) in [6.07, 6.45) is 1.70. The van der Waals surface area contributed by atoms with Crippen LogP contribution in [0.15, 0.2) is 53.3 Å². The average molecular weight is 434 g/mol. The third kappa shape index (κ3) is 3.45. The Balaban J connectivity index is 1.65. The number of nitrogens with zero attached hydrogens (tertiary/aromatic N) is 3. The van der Waals surface area contributed by atoms with Gasteiger partial charge in [0.25, 0.3) is 0 Å². The first-order valence-corrected chi connectivity index (χ1v) is 9.13. The van der Waals surface area contributed by atoms with Crippen LogP contribution in [-0.2, 0) is 11.4 Å². The molecule has 1 aliphatic rings. The fourth-order valence-electron chi connectivity index (χ4n) is 2.90. The van der Waals surface area contributed by atoms with Crippen LogP contribution in [0, 0.1) is 0 Å². The maximum atomic E-state index is 12.1. The van der Waals surface area contributed by atoms with Gasteiger partial charge in [0, 0.05) is 15.1 Å². The number of benzene rings is 2. The minimum absolute atomic E-state index is 0.0980. The van der Waals surface area contributed by atoms with Gasteiger partial charge in [0.05, 0.1) is 12.5 Å². The number of anilines is 1. The molecule has 3 aromatic rings. The van der Waals surface area contributed by atoms with Gasteiger partial charge in [0.15, 0.2) is 0 Å². The van der Waals surface area contributed by atoms with Crippen molar-refractivity contribution >= 4 is 39.4 Å². The molecule has 0 unspecified atom stereocenters. The molecule has 0 aliphatic carbocycles. The van der Waals surface area contributed by atoms with E-state index in [2.05, 4.69) is 31.3 Å². The van der Waals surface area contributed by atoms with Crippen molar-refractivity contribution in [1.29, 1.82) is 0 Å². The highest BCUT2D eigenvalue weighted by molar-refractivity contribution is 9.10. The second kappa shape index (κ2) is 7.09. The molecule has 0 saturated carbocycles. The number of amides is 1. The summed E-state index contributed by atoms with van der Waals surface area (Å²) in [5, 5.41) is 7.66. The number of nitrogens with one attached hydrogen (secondary N) is 1. The molecule has 132 valence electrons. The normalized spacial score (nSPS) is 16.1. The summed E-state index contributed by atoms with van der Waals surface area (Å²) < 4.78 is 8.65. The van der Waals surface area contributed by atoms with Gasteiger partial charge in [-0.2, -0.15) is 10.1 Å². The van der Waals surface area contributed by atoms with Crippen molar-refractivity contribution in [1.82, 2.24) is 14.8 Å². The third-order valence-electron chi connectivity index (χ3n) is 4.14. The maximum Gasteiger partial charge on any atom is 0.229 e. The van der Waals surface area contributed by atoms with Crippen molar-refractivity contribution in [3.05, 3.63) is 69.4 Å². The van der Waals surface area contributed by atoms with E-state index in [1.807, 2.05) is 42.5 Å². The van der Waals surface area contributed by atoms with Crippen LogP contribution in [0.4, 0.5) is 5.95 Å². The average Bonchev–Trinajstić information content (AvgIpc) is 3.09. The molecule has 0 spiro atoms. The monoisotopic (exact) mass is 432 g/mol. The number of hydrogen-bond donors (Lipinski definition) is 1. The summed E-state index contributed by atoms with van der Waals surface area (Å²) in [5.74, 6) is 1.04. The summed E-state index contributed by atoms with van der Waals surface area (Å²) >= 11 is 9.42. The number of halogens is 2. The molecular weight excluding hydrogens is 420 g/mol. The van der Waals surface area contributed by atoms with E-state index < -0.39 is 0 Å². The first-order chi connectivity index (χ1) is 12.6. The zero-order chi connectivity index (χ0) is 18.1. The van der Waals surface area contributed by atoms with Crippen molar-refractivity contribution in [2.24, 2.45) is 0 Å². The summed E-state index contributed by atoms with van der Waals surface area (Å²) in [6, 6.07) is 13.0. The Hall–Kier alpha value is -2.38. The van der Waals surface area contributed by atoms with Gasteiger partial charge in [0.2, 0.25) is 11.9 Å². The van der Waals surface area contributed by atoms with Gasteiger partial charge >= 0.3 is 0 Å². The molecule has 4 rings (SSSR count). The van der Waals surface area contributed by atoms with Crippen molar-refractivity contribution in [3.8, 4) is 5.75 Å². The molecule has 1 aromatic heterocycles. The number of carbonyl (C=O) groups is 1. The molecule has 0 bridgehead atoms. The SMILES string of the molecule is O=C1C[C@H](c2cc(Br)ccc2OCc2ccc(Cl)cc2)n2ncnc2N1. The summed E-state index contributed by atoms with van der Waals surface area (Å²) in [6.45, 7) is 0.398. The van der Waals surface area contributed by atoms with E-state index >= 15 is 0 Å². The second-order valence-corrected chi connectivity index (χ2v) is 7.25. The van der Waals surface area contributed by atoms with Crippen LogP contribution in [0.25, 0.3) is 0 Å². The Bertz CT molecular complexity index is 958. The van der Waals surface area contributed by atoms with Crippen LogP contribution >= 0.6 is 27.5 Å². The third-order valence-corrected chi connectivity index (χ3v) is 4.88. The van der Waals surface area contributed by atoms with Crippen molar-refractivity contribution < 1.29 is 9.53 Å². The van der Waals surface area contributed by atoms with Crippen molar-refractivity contribution in [3.63, 3.8) is 0 Å². The zero-order valence-corrected chi connectivity index (χ0v) is 15.9. The lowest BCUT2D eigenvalue weighted by atomic mass is 10.0. The van der Waals surface area contributed by atoms with Gasteiger partial charge in [0.1, 0.15) is 18.7 Å². The van der Waals surface area contributed by atoms with E-state index in [-0.39, 0.29) is 18.4 Å². The van der Waals surface area contributed by atoms with E-state index in [1.165, 1.54) is 6.33 Å². The van der Waals surface area contributed by atoms with E-state index in [0.717, 1.165) is 15.6 Å². The van der Waals surface area contributed by atoms with E-state index in [4.69, 9.17) is 16.3 Å². The number of ether oxygens (including phenoxy) is 1. The minimum atomic E-state index is -0.279. The lowest BCUT2D eigenvalue weighted by molar-refractivity contribution is -0.117. The summed E-state index contributed by atoms with van der Waals surface area (Å²) in [5.41, 5.74) is 1.88. The van der Waals surface area contributed by atoms with Crippen LogP contribution in [0.5, 0.6) is 5.75 Å². The number of carbonyl (C=O) groups excluding carboxylic acids is 1. The van der Waals surface area contributed by atoms with E-state index in [1.54, 1.807) is 4.68 Å². The van der Waals surface area contributed by atoms with Gasteiger partial charge in [-0.25, -0.2) is 4.68 Å². The predicted molar refractivity (Wildman–Crippen MR) is 101 cm³/mol. The molecule has 2 aromatic carbocycles. The van der Waals surface area contributed by atoms with Gasteiger partial charge in [-0.15, -0.1) is 0 Å². The number of fused-ring (bicyclic) bond motifs is 1. The number of hydrogen-bond acceptors (Lipinski definition) is 4. The first-order valence-electron chi connectivity index (χ1n) is 7.96.